The summed E-state index contributed by atoms with van der Waals surface area (Å²) in [4.78, 5) is 25.9. The second kappa shape index (κ2) is 4.93. The molecule has 1 aliphatic rings. The lowest BCUT2D eigenvalue weighted by Gasteiger charge is -2.39. The predicted molar refractivity (Wildman–Crippen MR) is 73.4 cm³/mol. The van der Waals surface area contributed by atoms with Crippen molar-refractivity contribution in [1.29, 1.82) is 0 Å². The largest absolute Gasteiger partial charge is 0.354 e. The Morgan fingerprint density at radius 1 is 1.47 bits per heavy atom. The Bertz CT molecular complexity index is 579. The van der Waals surface area contributed by atoms with Gasteiger partial charge in [-0.3, -0.25) is 9.78 Å². The molecule has 2 aromatic rings. The number of anilines is 2. The second-order valence-corrected chi connectivity index (χ2v) is 5.28. The number of hydrogen-bond acceptors (Lipinski definition) is 6. The molecule has 0 unspecified atom stereocenters. The summed E-state index contributed by atoms with van der Waals surface area (Å²) in [5.74, 6) is 1.22. The van der Waals surface area contributed by atoms with Crippen LogP contribution in [0.5, 0.6) is 0 Å². The van der Waals surface area contributed by atoms with Crippen molar-refractivity contribution >= 4 is 28.2 Å². The van der Waals surface area contributed by atoms with Gasteiger partial charge < -0.3 is 10.2 Å². The molecule has 1 saturated heterocycles. The summed E-state index contributed by atoms with van der Waals surface area (Å²) in [5, 5.41) is 5.37. The van der Waals surface area contributed by atoms with Crippen LogP contribution in [0.2, 0.25) is 0 Å². The third kappa shape index (κ3) is 2.55. The van der Waals surface area contributed by atoms with Gasteiger partial charge in [-0.1, -0.05) is 0 Å². The number of nitrogens with one attached hydrogen (secondary N) is 1. The van der Waals surface area contributed by atoms with Crippen LogP contribution in [0, 0.1) is 0 Å². The van der Waals surface area contributed by atoms with Crippen LogP contribution in [0.4, 0.5) is 10.9 Å². The summed E-state index contributed by atoms with van der Waals surface area (Å²) in [6.07, 6.45) is 5.13. The molecule has 0 saturated carbocycles. The van der Waals surface area contributed by atoms with E-state index >= 15 is 0 Å². The summed E-state index contributed by atoms with van der Waals surface area (Å²) in [7, 11) is 0. The van der Waals surface area contributed by atoms with E-state index in [1.807, 2.05) is 5.38 Å². The van der Waals surface area contributed by atoms with Gasteiger partial charge in [0.15, 0.2) is 5.13 Å². The summed E-state index contributed by atoms with van der Waals surface area (Å²) in [5.41, 5.74) is 1.04. The van der Waals surface area contributed by atoms with E-state index in [1.54, 1.807) is 18.6 Å². The number of rotatable bonds is 3. The van der Waals surface area contributed by atoms with Gasteiger partial charge in [0, 0.05) is 43.7 Å². The Hall–Kier alpha value is -2.02. The monoisotopic (exact) mass is 275 g/mol. The van der Waals surface area contributed by atoms with Crippen LogP contribution in [0.1, 0.15) is 18.5 Å². The molecule has 0 atom stereocenters. The topological polar surface area (TPSA) is 71.0 Å². The van der Waals surface area contributed by atoms with Crippen LogP contribution in [0.3, 0.4) is 0 Å². The summed E-state index contributed by atoms with van der Waals surface area (Å²) >= 11 is 1.46. The fourth-order valence-electron chi connectivity index (χ4n) is 1.99. The highest BCUT2D eigenvalue weighted by Crippen LogP contribution is 2.31. The van der Waals surface area contributed by atoms with Gasteiger partial charge in [0.2, 0.25) is 5.91 Å². The average molecular weight is 275 g/mol. The molecule has 1 amide bonds. The van der Waals surface area contributed by atoms with Gasteiger partial charge in [0.25, 0.3) is 0 Å². The quantitative estimate of drug-likeness (QED) is 0.919. The molecule has 1 fully saturated rings. The van der Waals surface area contributed by atoms with Crippen LogP contribution in [-0.2, 0) is 4.79 Å². The molecular weight excluding hydrogens is 262 g/mol. The van der Waals surface area contributed by atoms with E-state index in [-0.39, 0.29) is 5.91 Å². The Morgan fingerprint density at radius 3 is 3.00 bits per heavy atom. The number of amides is 1. The standard InChI is InChI=1S/C12H13N5OS/c1-8(18)15-12-16-10(7-19-12)9-5-17(6-9)11-4-13-2-3-14-11/h2-4,7,9H,5-6H2,1H3,(H,15,16,18). The van der Waals surface area contributed by atoms with Gasteiger partial charge in [0.1, 0.15) is 5.82 Å². The molecule has 6 nitrogen and oxygen atoms in total. The van der Waals surface area contributed by atoms with Crippen LogP contribution in [0.25, 0.3) is 0 Å². The van der Waals surface area contributed by atoms with E-state index in [0.29, 0.717) is 11.0 Å². The van der Waals surface area contributed by atoms with E-state index in [1.165, 1.54) is 18.3 Å². The molecule has 0 aromatic carbocycles. The van der Waals surface area contributed by atoms with Crippen molar-refractivity contribution in [2.45, 2.75) is 12.8 Å². The molecule has 98 valence electrons. The molecule has 0 spiro atoms. The maximum absolute atomic E-state index is 10.9. The molecule has 0 aliphatic carbocycles. The van der Waals surface area contributed by atoms with Crippen LogP contribution >= 0.6 is 11.3 Å². The highest BCUT2D eigenvalue weighted by atomic mass is 32.1. The fraction of sp³-hybridized carbons (Fsp3) is 0.333. The third-order valence-electron chi connectivity index (χ3n) is 2.98. The van der Waals surface area contributed by atoms with Crippen LogP contribution in [-0.4, -0.2) is 33.9 Å². The zero-order chi connectivity index (χ0) is 13.2. The van der Waals surface area contributed by atoms with Crippen molar-refractivity contribution in [3.05, 3.63) is 29.7 Å². The van der Waals surface area contributed by atoms with Gasteiger partial charge in [-0.2, -0.15) is 0 Å². The van der Waals surface area contributed by atoms with Crippen LogP contribution < -0.4 is 10.2 Å². The van der Waals surface area contributed by atoms with Gasteiger partial charge in [-0.05, 0) is 0 Å². The van der Waals surface area contributed by atoms with Gasteiger partial charge in [-0.15, -0.1) is 11.3 Å². The Balaban J connectivity index is 1.61. The Kier molecular flexibility index (Phi) is 3.12. The Labute approximate surface area is 114 Å². The van der Waals surface area contributed by atoms with E-state index in [9.17, 15) is 4.79 Å². The zero-order valence-corrected chi connectivity index (χ0v) is 11.2. The Morgan fingerprint density at radius 2 is 2.32 bits per heavy atom. The fourth-order valence-corrected chi connectivity index (χ4v) is 2.83. The van der Waals surface area contributed by atoms with E-state index < -0.39 is 0 Å². The molecule has 1 aliphatic heterocycles. The van der Waals surface area contributed by atoms with Crippen molar-refractivity contribution in [3.63, 3.8) is 0 Å². The average Bonchev–Trinajstić information content (AvgIpc) is 2.76. The first-order valence-electron chi connectivity index (χ1n) is 5.96. The minimum atomic E-state index is -0.0873. The minimum Gasteiger partial charge on any atom is -0.354 e. The molecule has 7 heteroatoms. The van der Waals surface area contributed by atoms with E-state index in [0.717, 1.165) is 24.6 Å². The van der Waals surface area contributed by atoms with Gasteiger partial charge in [-0.25, -0.2) is 9.97 Å². The first-order valence-corrected chi connectivity index (χ1v) is 6.84. The maximum Gasteiger partial charge on any atom is 0.223 e. The SMILES string of the molecule is CC(=O)Nc1nc(C2CN(c3cnccn3)C2)cs1. The second-order valence-electron chi connectivity index (χ2n) is 4.42. The zero-order valence-electron chi connectivity index (χ0n) is 10.4. The molecule has 2 aromatic heterocycles. The number of carbonyl (C=O) groups is 1. The van der Waals surface area contributed by atoms with Gasteiger partial charge >= 0.3 is 0 Å². The summed E-state index contributed by atoms with van der Waals surface area (Å²) in [6.45, 7) is 3.27. The summed E-state index contributed by atoms with van der Waals surface area (Å²) < 4.78 is 0. The van der Waals surface area contributed by atoms with Crippen molar-refractivity contribution in [2.24, 2.45) is 0 Å². The van der Waals surface area contributed by atoms with Crippen molar-refractivity contribution in [1.82, 2.24) is 15.0 Å². The van der Waals surface area contributed by atoms with Crippen molar-refractivity contribution in [3.8, 4) is 0 Å². The smallest absolute Gasteiger partial charge is 0.223 e. The minimum absolute atomic E-state index is 0.0873. The maximum atomic E-state index is 10.9. The normalized spacial score (nSPS) is 15.1. The molecule has 0 radical (unpaired) electrons. The van der Waals surface area contributed by atoms with Crippen molar-refractivity contribution < 1.29 is 4.79 Å². The number of thiazole rings is 1. The lowest BCUT2D eigenvalue weighted by atomic mass is 9.97. The van der Waals surface area contributed by atoms with E-state index in [4.69, 9.17) is 0 Å². The van der Waals surface area contributed by atoms with Gasteiger partial charge in [0.05, 0.1) is 11.9 Å². The van der Waals surface area contributed by atoms with Crippen molar-refractivity contribution in [2.75, 3.05) is 23.3 Å². The summed E-state index contributed by atoms with van der Waals surface area (Å²) in [6, 6.07) is 0. The first kappa shape index (κ1) is 12.0. The lowest BCUT2D eigenvalue weighted by molar-refractivity contribution is -0.114. The number of carbonyl (C=O) groups excluding carboxylic acids is 1. The number of hydrogen-bond donors (Lipinski definition) is 1. The molecule has 19 heavy (non-hydrogen) atoms. The first-order chi connectivity index (χ1) is 9.22. The highest BCUT2D eigenvalue weighted by molar-refractivity contribution is 7.13. The lowest BCUT2D eigenvalue weighted by Crippen LogP contribution is -2.45. The van der Waals surface area contributed by atoms with E-state index in [2.05, 4.69) is 25.2 Å². The highest BCUT2D eigenvalue weighted by Gasteiger charge is 2.30. The van der Waals surface area contributed by atoms with Crippen LogP contribution in [0.15, 0.2) is 24.0 Å². The number of aromatic nitrogens is 3. The third-order valence-corrected chi connectivity index (χ3v) is 3.75. The molecule has 0 bridgehead atoms. The predicted octanol–water partition coefficient (Wildman–Crippen LogP) is 1.50. The number of nitrogens with zero attached hydrogens (tertiary/aromatic N) is 4. The molecule has 3 rings (SSSR count). The molecule has 1 N–H and O–H groups in total. The molecular formula is C12H13N5OS. The molecule has 3 heterocycles.